The summed E-state index contributed by atoms with van der Waals surface area (Å²) in [7, 11) is 2.88. The molecule has 1 aliphatic carbocycles. The predicted molar refractivity (Wildman–Crippen MR) is 101 cm³/mol. The van der Waals surface area contributed by atoms with Gasteiger partial charge in [-0.05, 0) is 49.1 Å². The second-order valence-corrected chi connectivity index (χ2v) is 7.65. The minimum atomic E-state index is -0.922. The molecule has 6 heteroatoms. The van der Waals surface area contributed by atoms with E-state index >= 15 is 0 Å². The highest BCUT2D eigenvalue weighted by Crippen LogP contribution is 2.45. The topological polar surface area (TPSA) is 96.2 Å². The fourth-order valence-corrected chi connectivity index (χ4v) is 4.11. The number of aryl methyl sites for hydroxylation is 1. The minimum absolute atomic E-state index is 0.0163. The Morgan fingerprint density at radius 3 is 2.52 bits per heavy atom. The molecule has 0 spiro atoms. The van der Waals surface area contributed by atoms with Crippen molar-refractivity contribution in [2.75, 3.05) is 14.2 Å². The molecule has 6 nitrogen and oxygen atoms in total. The average molecular weight is 380 g/mol. The summed E-state index contributed by atoms with van der Waals surface area (Å²) in [4.78, 5) is 11.2. The summed E-state index contributed by atoms with van der Waals surface area (Å²) in [6.07, 6.45) is -1.45. The number of methoxy groups -OCH3 is 2. The number of aliphatic hydroxyl groups is 3. The Hall–Kier alpha value is -1.47. The third-order valence-corrected chi connectivity index (χ3v) is 5.67. The first-order valence-corrected chi connectivity index (χ1v) is 9.52. The van der Waals surface area contributed by atoms with E-state index in [4.69, 9.17) is 4.74 Å². The molecule has 0 fully saturated rings. The molecule has 0 bridgehead atoms. The van der Waals surface area contributed by atoms with E-state index in [1.165, 1.54) is 7.11 Å². The highest BCUT2D eigenvalue weighted by molar-refractivity contribution is 5.69. The highest BCUT2D eigenvalue weighted by atomic mass is 16.5. The molecule has 0 amide bonds. The zero-order valence-corrected chi connectivity index (χ0v) is 16.6. The van der Waals surface area contributed by atoms with Gasteiger partial charge >= 0.3 is 5.97 Å². The Labute approximate surface area is 161 Å². The van der Waals surface area contributed by atoms with Crippen molar-refractivity contribution in [1.82, 2.24) is 0 Å². The van der Waals surface area contributed by atoms with Crippen LogP contribution in [0, 0.1) is 12.8 Å². The Kier molecular flexibility index (Phi) is 7.79. The molecule has 1 aromatic rings. The van der Waals surface area contributed by atoms with Gasteiger partial charge in [-0.1, -0.05) is 30.7 Å². The molecule has 0 aromatic heterocycles. The largest absolute Gasteiger partial charge is 0.469 e. The van der Waals surface area contributed by atoms with Crippen LogP contribution in [0.4, 0.5) is 0 Å². The highest BCUT2D eigenvalue weighted by Gasteiger charge is 2.39. The number of rotatable bonds is 8. The van der Waals surface area contributed by atoms with Crippen LogP contribution in [0.3, 0.4) is 0 Å². The molecule has 6 atom stereocenters. The molecule has 27 heavy (non-hydrogen) atoms. The lowest BCUT2D eigenvalue weighted by atomic mass is 9.70. The number of carbonyl (C=O) groups is 1. The van der Waals surface area contributed by atoms with Gasteiger partial charge in [0, 0.05) is 7.11 Å². The fourth-order valence-electron chi connectivity index (χ4n) is 4.11. The molecule has 152 valence electrons. The number of carbonyl (C=O) groups excluding carboxylic acids is 1. The molecule has 3 N–H and O–H groups in total. The number of ether oxygens (including phenoxy) is 2. The van der Waals surface area contributed by atoms with Crippen LogP contribution < -0.4 is 0 Å². The van der Waals surface area contributed by atoms with E-state index in [1.54, 1.807) is 7.11 Å². The summed E-state index contributed by atoms with van der Waals surface area (Å²) >= 11 is 0. The standard InChI is InChI=1S/C21H32O6/c1-12-5-7-17-16(13(2)20(25)21(27-4)18(17)9-12)8-6-14(22)10-15(23)11-19(24)26-3/h5,7,9,13-16,20-23,25H,6,8,10-11H2,1-4H3. The summed E-state index contributed by atoms with van der Waals surface area (Å²) in [5.41, 5.74) is 3.27. The fraction of sp³-hybridized carbons (Fsp3) is 0.667. The Balaban J connectivity index is 2.06. The lowest BCUT2D eigenvalue weighted by Gasteiger charge is -2.40. The first kappa shape index (κ1) is 21.8. The monoisotopic (exact) mass is 380 g/mol. The van der Waals surface area contributed by atoms with Crippen LogP contribution in [0.25, 0.3) is 0 Å². The summed E-state index contributed by atoms with van der Waals surface area (Å²) in [5, 5.41) is 30.9. The second kappa shape index (κ2) is 9.64. The lowest BCUT2D eigenvalue weighted by Crippen LogP contribution is -2.37. The summed E-state index contributed by atoms with van der Waals surface area (Å²) in [6, 6.07) is 6.20. The SMILES string of the molecule is COC(=O)CC(O)CC(O)CCC1c2ccc(C)cc2C(OC)C(O)C1C. The average Bonchev–Trinajstić information content (AvgIpc) is 2.62. The van der Waals surface area contributed by atoms with Gasteiger partial charge in [0.15, 0.2) is 0 Å². The molecule has 0 radical (unpaired) electrons. The van der Waals surface area contributed by atoms with Crippen LogP contribution in [0.1, 0.15) is 61.3 Å². The predicted octanol–water partition coefficient (Wildman–Crippen LogP) is 2.23. The third-order valence-electron chi connectivity index (χ3n) is 5.67. The molecule has 1 aromatic carbocycles. The van der Waals surface area contributed by atoms with Gasteiger partial charge in [-0.25, -0.2) is 0 Å². The molecule has 0 heterocycles. The van der Waals surface area contributed by atoms with Gasteiger partial charge in [0.25, 0.3) is 0 Å². The van der Waals surface area contributed by atoms with Gasteiger partial charge < -0.3 is 24.8 Å². The quantitative estimate of drug-likeness (QED) is 0.599. The molecule has 1 aliphatic rings. The van der Waals surface area contributed by atoms with Crippen LogP contribution in [0.5, 0.6) is 0 Å². The molecule has 2 rings (SSSR count). The van der Waals surface area contributed by atoms with Gasteiger partial charge in [0.1, 0.15) is 6.10 Å². The van der Waals surface area contributed by atoms with E-state index in [1.807, 2.05) is 13.8 Å². The van der Waals surface area contributed by atoms with Gasteiger partial charge in [-0.2, -0.15) is 0 Å². The molecule has 0 saturated heterocycles. The van der Waals surface area contributed by atoms with Gasteiger partial charge in [0.2, 0.25) is 0 Å². The van der Waals surface area contributed by atoms with Crippen molar-refractivity contribution in [2.45, 2.75) is 69.9 Å². The molecular formula is C21H32O6. The van der Waals surface area contributed by atoms with E-state index in [-0.39, 0.29) is 30.8 Å². The van der Waals surface area contributed by atoms with E-state index < -0.39 is 24.3 Å². The van der Waals surface area contributed by atoms with Crippen LogP contribution in [-0.2, 0) is 14.3 Å². The van der Waals surface area contributed by atoms with Gasteiger partial charge in [0.05, 0.1) is 31.8 Å². The maximum Gasteiger partial charge on any atom is 0.308 e. The number of aliphatic hydroxyl groups excluding tert-OH is 3. The maximum atomic E-state index is 11.2. The molecule has 6 unspecified atom stereocenters. The van der Waals surface area contributed by atoms with Gasteiger partial charge in [-0.3, -0.25) is 4.79 Å². The number of esters is 1. The Morgan fingerprint density at radius 1 is 1.19 bits per heavy atom. The minimum Gasteiger partial charge on any atom is -0.469 e. The molecule has 0 saturated carbocycles. The van der Waals surface area contributed by atoms with Crippen molar-refractivity contribution in [3.05, 3.63) is 34.9 Å². The van der Waals surface area contributed by atoms with Crippen LogP contribution >= 0.6 is 0 Å². The van der Waals surface area contributed by atoms with Crippen LogP contribution in [-0.4, -0.2) is 53.8 Å². The maximum absolute atomic E-state index is 11.2. The van der Waals surface area contributed by atoms with E-state index in [0.29, 0.717) is 12.8 Å². The summed E-state index contributed by atoms with van der Waals surface area (Å²) < 4.78 is 10.1. The van der Waals surface area contributed by atoms with Crippen molar-refractivity contribution >= 4 is 5.97 Å². The van der Waals surface area contributed by atoms with E-state index in [2.05, 4.69) is 22.9 Å². The first-order chi connectivity index (χ1) is 12.8. The summed E-state index contributed by atoms with van der Waals surface area (Å²) in [5.74, 6) is -0.416. The van der Waals surface area contributed by atoms with Crippen LogP contribution in [0.2, 0.25) is 0 Å². The van der Waals surface area contributed by atoms with Crippen molar-refractivity contribution < 1.29 is 29.6 Å². The normalized spacial score (nSPS) is 26.9. The van der Waals surface area contributed by atoms with Crippen molar-refractivity contribution in [3.8, 4) is 0 Å². The Morgan fingerprint density at radius 2 is 1.89 bits per heavy atom. The zero-order chi connectivity index (χ0) is 20.1. The number of hydrogen-bond acceptors (Lipinski definition) is 6. The smallest absolute Gasteiger partial charge is 0.308 e. The Bertz CT molecular complexity index is 631. The summed E-state index contributed by atoms with van der Waals surface area (Å²) in [6.45, 7) is 4.02. The molecule has 0 aliphatic heterocycles. The zero-order valence-electron chi connectivity index (χ0n) is 16.6. The lowest BCUT2D eigenvalue weighted by molar-refractivity contribution is -0.143. The number of fused-ring (bicyclic) bond motifs is 1. The van der Waals surface area contributed by atoms with Crippen molar-refractivity contribution in [2.24, 2.45) is 5.92 Å². The van der Waals surface area contributed by atoms with E-state index in [9.17, 15) is 20.1 Å². The van der Waals surface area contributed by atoms with E-state index in [0.717, 1.165) is 16.7 Å². The first-order valence-electron chi connectivity index (χ1n) is 9.52. The van der Waals surface area contributed by atoms with Crippen molar-refractivity contribution in [3.63, 3.8) is 0 Å². The number of hydrogen-bond donors (Lipinski definition) is 3. The van der Waals surface area contributed by atoms with Gasteiger partial charge in [-0.15, -0.1) is 0 Å². The molecular weight excluding hydrogens is 348 g/mol. The third kappa shape index (κ3) is 5.29. The van der Waals surface area contributed by atoms with Crippen molar-refractivity contribution in [1.29, 1.82) is 0 Å². The van der Waals surface area contributed by atoms with Crippen LogP contribution in [0.15, 0.2) is 18.2 Å². The number of benzene rings is 1. The second-order valence-electron chi connectivity index (χ2n) is 7.65.